The fourth-order valence-corrected chi connectivity index (χ4v) is 3.20. The van der Waals surface area contributed by atoms with Crippen molar-refractivity contribution in [3.8, 4) is 0 Å². The van der Waals surface area contributed by atoms with E-state index in [9.17, 15) is 4.79 Å². The number of anilines is 2. The van der Waals surface area contributed by atoms with Gasteiger partial charge in [0.2, 0.25) is 5.91 Å². The van der Waals surface area contributed by atoms with E-state index in [1.165, 1.54) is 70.6 Å². The van der Waals surface area contributed by atoms with Gasteiger partial charge in [-0.25, -0.2) is 0 Å². The molecule has 0 aliphatic rings. The summed E-state index contributed by atoms with van der Waals surface area (Å²) in [5, 5.41) is 2.90. The number of amides is 1. The van der Waals surface area contributed by atoms with Crippen LogP contribution < -0.4 is 11.1 Å². The minimum atomic E-state index is 0.0817. The van der Waals surface area contributed by atoms with Gasteiger partial charge in [0.15, 0.2) is 0 Å². The predicted octanol–water partition coefficient (Wildman–Crippen LogP) is 7.24. The largest absolute Gasteiger partial charge is 0.399 e. The first-order chi connectivity index (χ1) is 13.2. The Labute approximate surface area is 166 Å². The summed E-state index contributed by atoms with van der Waals surface area (Å²) < 4.78 is 0. The lowest BCUT2D eigenvalue weighted by molar-refractivity contribution is -0.116. The fourth-order valence-electron chi connectivity index (χ4n) is 3.20. The van der Waals surface area contributed by atoms with Gasteiger partial charge in [0.1, 0.15) is 0 Å². The summed E-state index contributed by atoms with van der Waals surface area (Å²) in [6, 6.07) is 7.33. The summed E-state index contributed by atoms with van der Waals surface area (Å²) in [6.45, 7) is 2.27. The molecule has 0 unspecified atom stereocenters. The van der Waals surface area contributed by atoms with Gasteiger partial charge >= 0.3 is 0 Å². The number of carbonyl (C=O) groups excluding carboxylic acids is 1. The maximum atomic E-state index is 11.9. The molecule has 0 bridgehead atoms. The molecular formula is C24H40N2O. The van der Waals surface area contributed by atoms with Gasteiger partial charge in [-0.1, -0.05) is 76.5 Å². The Morgan fingerprint density at radius 2 is 1.48 bits per heavy atom. The van der Waals surface area contributed by atoms with Crippen LogP contribution in [0.4, 0.5) is 11.4 Å². The highest BCUT2D eigenvalue weighted by molar-refractivity contribution is 5.91. The number of nitrogens with one attached hydrogen (secondary N) is 1. The molecule has 0 aromatic heterocycles. The van der Waals surface area contributed by atoms with Crippen molar-refractivity contribution < 1.29 is 4.79 Å². The Morgan fingerprint density at radius 1 is 0.889 bits per heavy atom. The Balaban J connectivity index is 1.87. The summed E-state index contributed by atoms with van der Waals surface area (Å²) in [5.41, 5.74) is 7.17. The molecule has 0 radical (unpaired) electrons. The van der Waals surface area contributed by atoms with Gasteiger partial charge < -0.3 is 11.1 Å². The lowest BCUT2D eigenvalue weighted by atomic mass is 10.1. The standard InChI is InChI=1S/C24H40N2O/c1-2-3-4-5-6-7-8-9-10-11-12-13-14-15-16-20-24(27)26-23-19-17-18-22(25)21-23/h9-10,17-19,21H,2-8,11-16,20,25H2,1H3,(H,26,27)/b10-9-. The van der Waals surface area contributed by atoms with Gasteiger partial charge in [-0.05, 0) is 50.3 Å². The summed E-state index contributed by atoms with van der Waals surface area (Å²) in [6.07, 6.45) is 21.8. The fraction of sp³-hybridized carbons (Fsp3) is 0.625. The van der Waals surface area contributed by atoms with E-state index in [4.69, 9.17) is 5.73 Å². The molecule has 3 nitrogen and oxygen atoms in total. The zero-order chi connectivity index (χ0) is 19.6. The van der Waals surface area contributed by atoms with Crippen molar-refractivity contribution >= 4 is 17.3 Å². The molecule has 0 spiro atoms. The molecule has 1 aromatic carbocycles. The molecule has 1 amide bonds. The minimum absolute atomic E-state index is 0.0817. The lowest BCUT2D eigenvalue weighted by Gasteiger charge is -2.06. The number of carbonyl (C=O) groups is 1. The Bertz CT molecular complexity index is 525. The monoisotopic (exact) mass is 372 g/mol. The minimum Gasteiger partial charge on any atom is -0.399 e. The topological polar surface area (TPSA) is 55.1 Å². The predicted molar refractivity (Wildman–Crippen MR) is 119 cm³/mol. The number of rotatable bonds is 16. The van der Waals surface area contributed by atoms with Crippen molar-refractivity contribution in [2.75, 3.05) is 11.1 Å². The summed E-state index contributed by atoms with van der Waals surface area (Å²) in [4.78, 5) is 11.9. The van der Waals surface area contributed by atoms with Crippen molar-refractivity contribution in [2.24, 2.45) is 0 Å². The molecule has 0 saturated heterocycles. The number of hydrogen-bond donors (Lipinski definition) is 2. The van der Waals surface area contributed by atoms with E-state index in [1.54, 1.807) is 6.07 Å². The molecule has 27 heavy (non-hydrogen) atoms. The molecule has 0 aliphatic heterocycles. The number of allylic oxidation sites excluding steroid dienone is 2. The van der Waals surface area contributed by atoms with E-state index in [0.717, 1.165) is 18.5 Å². The molecule has 152 valence electrons. The van der Waals surface area contributed by atoms with E-state index in [2.05, 4.69) is 24.4 Å². The summed E-state index contributed by atoms with van der Waals surface area (Å²) in [7, 11) is 0. The number of nitrogen functional groups attached to an aromatic ring is 1. The smallest absolute Gasteiger partial charge is 0.224 e. The van der Waals surface area contributed by atoms with Crippen LogP contribution in [0.3, 0.4) is 0 Å². The van der Waals surface area contributed by atoms with Crippen molar-refractivity contribution in [3.05, 3.63) is 36.4 Å². The van der Waals surface area contributed by atoms with Crippen LogP contribution in [0.1, 0.15) is 96.8 Å². The molecule has 1 aromatic rings. The van der Waals surface area contributed by atoms with Crippen LogP contribution in [-0.4, -0.2) is 5.91 Å². The first-order valence-corrected chi connectivity index (χ1v) is 11.0. The average Bonchev–Trinajstić information content (AvgIpc) is 2.65. The van der Waals surface area contributed by atoms with E-state index >= 15 is 0 Å². The molecular weight excluding hydrogens is 332 g/mol. The molecule has 0 aliphatic carbocycles. The zero-order valence-corrected chi connectivity index (χ0v) is 17.3. The van der Waals surface area contributed by atoms with Crippen molar-refractivity contribution in [2.45, 2.75) is 96.8 Å². The maximum absolute atomic E-state index is 11.9. The van der Waals surface area contributed by atoms with Crippen molar-refractivity contribution in [3.63, 3.8) is 0 Å². The molecule has 0 saturated carbocycles. The third-order valence-electron chi connectivity index (χ3n) is 4.84. The molecule has 0 atom stereocenters. The summed E-state index contributed by atoms with van der Waals surface area (Å²) >= 11 is 0. The van der Waals surface area contributed by atoms with Gasteiger partial charge in [0.05, 0.1) is 0 Å². The Hall–Kier alpha value is -1.77. The second-order valence-electron chi connectivity index (χ2n) is 7.51. The van der Waals surface area contributed by atoms with Gasteiger partial charge in [-0.2, -0.15) is 0 Å². The molecule has 3 N–H and O–H groups in total. The van der Waals surface area contributed by atoms with E-state index in [-0.39, 0.29) is 5.91 Å². The lowest BCUT2D eigenvalue weighted by Crippen LogP contribution is -2.11. The first-order valence-electron chi connectivity index (χ1n) is 11.0. The van der Waals surface area contributed by atoms with Crippen molar-refractivity contribution in [1.82, 2.24) is 0 Å². The molecule has 0 fully saturated rings. The highest BCUT2D eigenvalue weighted by Gasteiger charge is 2.02. The van der Waals surface area contributed by atoms with E-state index in [1.807, 2.05) is 18.2 Å². The Kier molecular flexibility index (Phi) is 14.1. The zero-order valence-electron chi connectivity index (χ0n) is 17.3. The Morgan fingerprint density at radius 3 is 2.11 bits per heavy atom. The van der Waals surface area contributed by atoms with Crippen LogP contribution >= 0.6 is 0 Å². The SMILES string of the molecule is CCCCCCCC/C=C\CCCCCCCC(=O)Nc1cccc(N)c1. The third kappa shape index (κ3) is 14.0. The second-order valence-corrected chi connectivity index (χ2v) is 7.51. The number of nitrogens with two attached hydrogens (primary N) is 1. The average molecular weight is 373 g/mol. The molecule has 0 heterocycles. The number of benzene rings is 1. The van der Waals surface area contributed by atoms with Crippen molar-refractivity contribution in [1.29, 1.82) is 0 Å². The van der Waals surface area contributed by atoms with Gasteiger partial charge in [-0.15, -0.1) is 0 Å². The van der Waals surface area contributed by atoms with Crippen LogP contribution in [-0.2, 0) is 4.79 Å². The maximum Gasteiger partial charge on any atom is 0.224 e. The normalized spacial score (nSPS) is 11.1. The van der Waals surface area contributed by atoms with Gasteiger partial charge in [-0.3, -0.25) is 4.79 Å². The molecule has 1 rings (SSSR count). The molecule has 3 heteroatoms. The quantitative estimate of drug-likeness (QED) is 0.182. The second kappa shape index (κ2) is 16.4. The van der Waals surface area contributed by atoms with E-state index < -0.39 is 0 Å². The van der Waals surface area contributed by atoms with Crippen LogP contribution in [0.25, 0.3) is 0 Å². The number of unbranched alkanes of at least 4 members (excludes halogenated alkanes) is 11. The van der Waals surface area contributed by atoms with Crippen LogP contribution in [0.15, 0.2) is 36.4 Å². The van der Waals surface area contributed by atoms with Crippen LogP contribution in [0.2, 0.25) is 0 Å². The first kappa shape index (κ1) is 23.3. The van der Waals surface area contributed by atoms with Crippen LogP contribution in [0, 0.1) is 0 Å². The van der Waals surface area contributed by atoms with Gasteiger partial charge in [0.25, 0.3) is 0 Å². The third-order valence-corrected chi connectivity index (χ3v) is 4.84. The van der Waals surface area contributed by atoms with Gasteiger partial charge in [0, 0.05) is 17.8 Å². The highest BCUT2D eigenvalue weighted by Crippen LogP contribution is 2.13. The summed E-state index contributed by atoms with van der Waals surface area (Å²) in [5.74, 6) is 0.0817. The number of hydrogen-bond acceptors (Lipinski definition) is 2. The van der Waals surface area contributed by atoms with Crippen LogP contribution in [0.5, 0.6) is 0 Å². The van der Waals surface area contributed by atoms with E-state index in [0.29, 0.717) is 12.1 Å². The highest BCUT2D eigenvalue weighted by atomic mass is 16.1.